The predicted octanol–water partition coefficient (Wildman–Crippen LogP) is 4.46. The maximum atomic E-state index is 12.8. The zero-order valence-electron chi connectivity index (χ0n) is 13.8. The van der Waals surface area contributed by atoms with Crippen LogP contribution < -0.4 is 15.8 Å². The van der Waals surface area contributed by atoms with E-state index in [-0.39, 0.29) is 30.2 Å². The molecule has 1 aliphatic rings. The number of hydrogen-bond acceptors (Lipinski definition) is 3. The van der Waals surface area contributed by atoms with Crippen LogP contribution in [0.4, 0.5) is 24.5 Å². The van der Waals surface area contributed by atoms with E-state index in [9.17, 15) is 18.0 Å². The Kier molecular flexibility index (Phi) is 5.71. The van der Waals surface area contributed by atoms with Crippen molar-refractivity contribution in [2.24, 2.45) is 5.92 Å². The van der Waals surface area contributed by atoms with Gasteiger partial charge in [0.25, 0.3) is 0 Å². The molecule has 0 aromatic heterocycles. The molecule has 1 fully saturated rings. The van der Waals surface area contributed by atoms with Gasteiger partial charge in [0.2, 0.25) is 5.91 Å². The van der Waals surface area contributed by atoms with Crippen LogP contribution in [-0.2, 0) is 11.0 Å². The number of ether oxygens (including phenoxy) is 1. The molecule has 0 saturated heterocycles. The van der Waals surface area contributed by atoms with Gasteiger partial charge >= 0.3 is 6.18 Å². The van der Waals surface area contributed by atoms with Gasteiger partial charge in [-0.1, -0.05) is 18.2 Å². The third-order valence-corrected chi connectivity index (χ3v) is 4.29. The van der Waals surface area contributed by atoms with Crippen LogP contribution in [0.3, 0.4) is 0 Å². The lowest BCUT2D eigenvalue weighted by Crippen LogP contribution is -2.16. The highest BCUT2D eigenvalue weighted by atomic mass is 35.5. The minimum absolute atomic E-state index is 0. The Morgan fingerprint density at radius 3 is 2.62 bits per heavy atom. The SMILES string of the molecule is COc1ccc(N)c(NC(=O)C2CC2c2cccc(C(F)(F)F)c2)c1.Cl. The Morgan fingerprint density at radius 2 is 1.96 bits per heavy atom. The molecule has 1 saturated carbocycles. The van der Waals surface area contributed by atoms with Crippen LogP contribution in [-0.4, -0.2) is 13.0 Å². The van der Waals surface area contributed by atoms with E-state index >= 15 is 0 Å². The summed E-state index contributed by atoms with van der Waals surface area (Å²) in [6.45, 7) is 0. The number of nitrogens with one attached hydrogen (secondary N) is 1. The number of carbonyl (C=O) groups is 1. The standard InChI is InChI=1S/C18H17F3N2O2.ClH/c1-25-12-5-6-15(22)16(8-12)23-17(24)14-9-13(14)10-3-2-4-11(7-10)18(19,20)21;/h2-8,13-14H,9,22H2,1H3,(H,23,24);1H. The molecule has 0 bridgehead atoms. The van der Waals surface area contributed by atoms with Gasteiger partial charge in [0.15, 0.2) is 0 Å². The normalized spacial score (nSPS) is 18.6. The second-order valence-electron chi connectivity index (χ2n) is 6.01. The first-order valence-electron chi connectivity index (χ1n) is 7.71. The molecule has 0 aliphatic heterocycles. The highest BCUT2D eigenvalue weighted by Crippen LogP contribution is 2.49. The second kappa shape index (κ2) is 7.45. The van der Waals surface area contributed by atoms with Gasteiger partial charge in [-0.25, -0.2) is 0 Å². The van der Waals surface area contributed by atoms with Crippen molar-refractivity contribution in [1.29, 1.82) is 0 Å². The molecule has 26 heavy (non-hydrogen) atoms. The summed E-state index contributed by atoms with van der Waals surface area (Å²) >= 11 is 0. The average Bonchev–Trinajstić information content (AvgIpc) is 3.37. The monoisotopic (exact) mass is 386 g/mol. The molecule has 2 aromatic rings. The fourth-order valence-corrected chi connectivity index (χ4v) is 2.79. The molecule has 3 rings (SSSR count). The van der Waals surface area contributed by atoms with Crippen LogP contribution in [0, 0.1) is 5.92 Å². The van der Waals surface area contributed by atoms with Crippen LogP contribution in [0.5, 0.6) is 5.75 Å². The summed E-state index contributed by atoms with van der Waals surface area (Å²) in [4.78, 5) is 12.4. The predicted molar refractivity (Wildman–Crippen MR) is 95.6 cm³/mol. The quantitative estimate of drug-likeness (QED) is 0.762. The molecule has 2 aromatic carbocycles. The van der Waals surface area contributed by atoms with E-state index in [4.69, 9.17) is 10.5 Å². The van der Waals surface area contributed by atoms with Crippen molar-refractivity contribution < 1.29 is 22.7 Å². The lowest BCUT2D eigenvalue weighted by molar-refractivity contribution is -0.137. The zero-order valence-corrected chi connectivity index (χ0v) is 14.7. The molecule has 0 radical (unpaired) electrons. The van der Waals surface area contributed by atoms with Gasteiger partial charge in [0, 0.05) is 12.0 Å². The van der Waals surface area contributed by atoms with E-state index in [0.717, 1.165) is 12.1 Å². The van der Waals surface area contributed by atoms with Crippen LogP contribution in [0.25, 0.3) is 0 Å². The molecule has 2 atom stereocenters. The highest BCUT2D eigenvalue weighted by molar-refractivity contribution is 5.97. The number of alkyl halides is 3. The molecule has 2 unspecified atom stereocenters. The maximum absolute atomic E-state index is 12.8. The summed E-state index contributed by atoms with van der Waals surface area (Å²) in [6.07, 6.45) is -3.88. The van der Waals surface area contributed by atoms with E-state index in [1.165, 1.54) is 13.2 Å². The van der Waals surface area contributed by atoms with E-state index in [2.05, 4.69) is 5.32 Å². The van der Waals surface area contributed by atoms with E-state index < -0.39 is 11.7 Å². The second-order valence-corrected chi connectivity index (χ2v) is 6.01. The number of carbonyl (C=O) groups excluding carboxylic acids is 1. The first kappa shape index (κ1) is 19.9. The zero-order chi connectivity index (χ0) is 18.2. The topological polar surface area (TPSA) is 64.3 Å². The summed E-state index contributed by atoms with van der Waals surface area (Å²) < 4.78 is 43.5. The minimum atomic E-state index is -4.39. The largest absolute Gasteiger partial charge is 0.497 e. The number of halogens is 4. The van der Waals surface area contributed by atoms with Crippen molar-refractivity contribution in [2.45, 2.75) is 18.5 Å². The van der Waals surface area contributed by atoms with Crippen molar-refractivity contribution in [3.05, 3.63) is 53.6 Å². The number of benzene rings is 2. The Hall–Kier alpha value is -2.41. The molecule has 1 aliphatic carbocycles. The molecule has 3 N–H and O–H groups in total. The smallest absolute Gasteiger partial charge is 0.416 e. The van der Waals surface area contributed by atoms with E-state index in [1.807, 2.05) is 0 Å². The van der Waals surface area contributed by atoms with Gasteiger partial charge in [0.1, 0.15) is 5.75 Å². The van der Waals surface area contributed by atoms with Gasteiger partial charge in [0.05, 0.1) is 24.0 Å². The molecule has 4 nitrogen and oxygen atoms in total. The van der Waals surface area contributed by atoms with E-state index in [0.29, 0.717) is 29.1 Å². The Labute approximate surface area is 154 Å². The number of methoxy groups -OCH3 is 1. The number of amides is 1. The van der Waals surface area contributed by atoms with Crippen molar-refractivity contribution in [1.82, 2.24) is 0 Å². The molecule has 8 heteroatoms. The molecular formula is C18H18ClF3N2O2. The van der Waals surface area contributed by atoms with Gasteiger partial charge in [-0.3, -0.25) is 4.79 Å². The first-order valence-corrected chi connectivity index (χ1v) is 7.71. The molecule has 1 amide bonds. The number of rotatable bonds is 4. The van der Waals surface area contributed by atoms with Crippen LogP contribution in [0.2, 0.25) is 0 Å². The molecule has 0 spiro atoms. The van der Waals surface area contributed by atoms with Crippen molar-refractivity contribution in [3.8, 4) is 5.75 Å². The Morgan fingerprint density at radius 1 is 1.23 bits per heavy atom. The lowest BCUT2D eigenvalue weighted by Gasteiger charge is -2.11. The third kappa shape index (κ3) is 4.22. The number of anilines is 2. The van der Waals surface area contributed by atoms with Crippen LogP contribution in [0.1, 0.15) is 23.5 Å². The van der Waals surface area contributed by atoms with Gasteiger partial charge in [-0.05, 0) is 36.1 Å². The van der Waals surface area contributed by atoms with Crippen molar-refractivity contribution >= 4 is 29.7 Å². The number of nitrogens with two attached hydrogens (primary N) is 1. The Balaban J connectivity index is 0.00000243. The number of hydrogen-bond donors (Lipinski definition) is 2. The average molecular weight is 387 g/mol. The van der Waals surface area contributed by atoms with Crippen LogP contribution in [0.15, 0.2) is 42.5 Å². The van der Waals surface area contributed by atoms with Gasteiger partial charge in [-0.15, -0.1) is 12.4 Å². The fourth-order valence-electron chi connectivity index (χ4n) is 2.79. The molecule has 140 valence electrons. The summed E-state index contributed by atoms with van der Waals surface area (Å²) in [5, 5.41) is 2.73. The summed E-state index contributed by atoms with van der Waals surface area (Å²) in [6, 6.07) is 10.0. The van der Waals surface area contributed by atoms with E-state index in [1.54, 1.807) is 24.3 Å². The van der Waals surface area contributed by atoms with Gasteiger partial charge in [-0.2, -0.15) is 13.2 Å². The first-order chi connectivity index (χ1) is 11.8. The fraction of sp³-hybridized carbons (Fsp3) is 0.278. The highest BCUT2D eigenvalue weighted by Gasteiger charge is 2.44. The van der Waals surface area contributed by atoms with Gasteiger partial charge < -0.3 is 15.8 Å². The summed E-state index contributed by atoms with van der Waals surface area (Å²) in [5.41, 5.74) is 6.48. The van der Waals surface area contributed by atoms with Crippen molar-refractivity contribution in [2.75, 3.05) is 18.2 Å². The summed E-state index contributed by atoms with van der Waals surface area (Å²) in [5.74, 6) is -0.291. The van der Waals surface area contributed by atoms with Crippen LogP contribution >= 0.6 is 12.4 Å². The summed E-state index contributed by atoms with van der Waals surface area (Å²) in [7, 11) is 1.50. The Bertz CT molecular complexity index is 811. The molecular weight excluding hydrogens is 369 g/mol. The number of nitrogen functional groups attached to an aromatic ring is 1. The molecule has 0 heterocycles. The lowest BCUT2D eigenvalue weighted by atomic mass is 10.1. The minimum Gasteiger partial charge on any atom is -0.497 e. The van der Waals surface area contributed by atoms with Crippen molar-refractivity contribution in [3.63, 3.8) is 0 Å². The maximum Gasteiger partial charge on any atom is 0.416 e. The third-order valence-electron chi connectivity index (χ3n) is 4.29.